The van der Waals surface area contributed by atoms with Crippen LogP contribution in [0.25, 0.3) is 11.0 Å². The first-order chi connectivity index (χ1) is 14.0. The number of rotatable bonds is 6. The number of hydrogen-bond donors (Lipinski definition) is 2. The van der Waals surface area contributed by atoms with E-state index in [0.717, 1.165) is 41.9 Å². The third-order valence-electron chi connectivity index (χ3n) is 5.68. The van der Waals surface area contributed by atoms with Gasteiger partial charge in [0.2, 0.25) is 5.95 Å². The van der Waals surface area contributed by atoms with Crippen molar-refractivity contribution in [2.75, 3.05) is 25.6 Å². The van der Waals surface area contributed by atoms with Gasteiger partial charge in [-0.1, -0.05) is 0 Å². The van der Waals surface area contributed by atoms with E-state index in [-0.39, 0.29) is 11.9 Å². The average Bonchev–Trinajstić information content (AvgIpc) is 3.18. The second kappa shape index (κ2) is 7.87. The maximum atomic E-state index is 13.0. The van der Waals surface area contributed by atoms with Crippen LogP contribution >= 0.6 is 0 Å². The summed E-state index contributed by atoms with van der Waals surface area (Å²) in [6, 6.07) is 5.66. The van der Waals surface area contributed by atoms with E-state index >= 15 is 0 Å². The summed E-state index contributed by atoms with van der Waals surface area (Å²) in [4.78, 5) is 17.6. The van der Waals surface area contributed by atoms with Crippen LogP contribution < -0.4 is 10.6 Å². The molecular weight excluding hydrogens is 368 g/mol. The summed E-state index contributed by atoms with van der Waals surface area (Å²) in [6.07, 6.45) is 3.00. The number of ether oxygens (including phenoxy) is 1. The zero-order valence-corrected chi connectivity index (χ0v) is 17.5. The number of imidazole rings is 1. The van der Waals surface area contributed by atoms with E-state index in [2.05, 4.69) is 20.7 Å². The first-order valence-corrected chi connectivity index (χ1v) is 10.0. The maximum absolute atomic E-state index is 13.0. The van der Waals surface area contributed by atoms with Crippen molar-refractivity contribution in [3.63, 3.8) is 0 Å². The first kappa shape index (κ1) is 19.4. The molecule has 1 aliphatic rings. The molecule has 0 saturated carbocycles. The molecule has 1 unspecified atom stereocenters. The molecule has 0 bridgehead atoms. The molecule has 4 rings (SSSR count). The molecule has 0 fully saturated rings. The fourth-order valence-corrected chi connectivity index (χ4v) is 4.24. The van der Waals surface area contributed by atoms with Gasteiger partial charge >= 0.3 is 0 Å². The predicted molar refractivity (Wildman–Crippen MR) is 112 cm³/mol. The quantitative estimate of drug-likeness (QED) is 0.625. The fourth-order valence-electron chi connectivity index (χ4n) is 4.24. The minimum absolute atomic E-state index is 0.00523. The SMILES string of the molecule is COCCNc1nc2cc(C(=O)NC3CCCc4c3c(C)nn4C)ccc2n1C. The van der Waals surface area contributed by atoms with Gasteiger partial charge < -0.3 is 19.9 Å². The lowest BCUT2D eigenvalue weighted by Crippen LogP contribution is -2.31. The van der Waals surface area contributed by atoms with E-state index in [4.69, 9.17) is 4.74 Å². The number of nitrogens with zero attached hydrogens (tertiary/aromatic N) is 4. The van der Waals surface area contributed by atoms with Crippen molar-refractivity contribution in [3.8, 4) is 0 Å². The van der Waals surface area contributed by atoms with Crippen molar-refractivity contribution >= 4 is 22.9 Å². The lowest BCUT2D eigenvalue weighted by Gasteiger charge is -2.24. The molecule has 0 saturated heterocycles. The first-order valence-electron chi connectivity index (χ1n) is 10.0. The smallest absolute Gasteiger partial charge is 0.251 e. The molecule has 154 valence electrons. The molecule has 0 aliphatic heterocycles. The lowest BCUT2D eigenvalue weighted by atomic mass is 9.90. The van der Waals surface area contributed by atoms with Crippen LogP contribution in [0.2, 0.25) is 0 Å². The van der Waals surface area contributed by atoms with Crippen LogP contribution in [0.4, 0.5) is 5.95 Å². The van der Waals surface area contributed by atoms with Crippen molar-refractivity contribution in [2.24, 2.45) is 14.1 Å². The Morgan fingerprint density at radius 2 is 2.17 bits per heavy atom. The standard InChI is InChI=1S/C21H28N6O2/c1-13-19-15(6-5-7-18(19)27(3)25-13)23-20(28)14-8-9-17-16(12-14)24-21(26(17)2)22-10-11-29-4/h8-9,12,15H,5-7,10-11H2,1-4H3,(H,22,24)(H,23,28). The van der Waals surface area contributed by atoms with Crippen molar-refractivity contribution < 1.29 is 9.53 Å². The third kappa shape index (κ3) is 3.60. The third-order valence-corrected chi connectivity index (χ3v) is 5.68. The molecule has 1 aliphatic carbocycles. The Bertz CT molecular complexity index is 1050. The molecule has 0 radical (unpaired) electrons. The molecule has 2 aromatic heterocycles. The van der Waals surface area contributed by atoms with Crippen LogP contribution in [0.1, 0.15) is 46.2 Å². The molecule has 2 heterocycles. The highest BCUT2D eigenvalue weighted by molar-refractivity contribution is 5.98. The molecule has 1 aromatic carbocycles. The summed E-state index contributed by atoms with van der Waals surface area (Å²) in [6.45, 7) is 3.30. The summed E-state index contributed by atoms with van der Waals surface area (Å²) < 4.78 is 9.01. The van der Waals surface area contributed by atoms with Gasteiger partial charge in [-0.3, -0.25) is 9.48 Å². The number of aromatic nitrogens is 4. The number of anilines is 1. The number of amides is 1. The van der Waals surface area contributed by atoms with Gasteiger partial charge in [0.1, 0.15) is 0 Å². The van der Waals surface area contributed by atoms with Crippen LogP contribution in [0.5, 0.6) is 0 Å². The summed E-state index contributed by atoms with van der Waals surface area (Å²) in [5.41, 5.74) is 5.79. The van der Waals surface area contributed by atoms with Gasteiger partial charge in [0, 0.05) is 44.6 Å². The van der Waals surface area contributed by atoms with Crippen molar-refractivity contribution in [3.05, 3.63) is 40.7 Å². The Morgan fingerprint density at radius 3 is 2.97 bits per heavy atom. The number of carbonyl (C=O) groups is 1. The minimum atomic E-state index is -0.0763. The van der Waals surface area contributed by atoms with Crippen LogP contribution in [-0.2, 0) is 25.3 Å². The number of nitrogens with one attached hydrogen (secondary N) is 2. The van der Waals surface area contributed by atoms with Crippen molar-refractivity contribution in [1.82, 2.24) is 24.6 Å². The van der Waals surface area contributed by atoms with Crippen LogP contribution in [-0.4, -0.2) is 45.5 Å². The molecule has 1 amide bonds. The van der Waals surface area contributed by atoms with Gasteiger partial charge in [-0.05, 0) is 44.4 Å². The number of fused-ring (bicyclic) bond motifs is 2. The van der Waals surface area contributed by atoms with Gasteiger partial charge in [-0.15, -0.1) is 0 Å². The number of hydrogen-bond acceptors (Lipinski definition) is 5. The predicted octanol–water partition coefficient (Wildman–Crippen LogP) is 2.48. The maximum Gasteiger partial charge on any atom is 0.251 e. The molecule has 8 heteroatoms. The summed E-state index contributed by atoms with van der Waals surface area (Å²) in [5, 5.41) is 11.0. The van der Waals surface area contributed by atoms with E-state index in [1.165, 1.54) is 11.3 Å². The Hall–Kier alpha value is -2.87. The number of aryl methyl sites for hydroxylation is 3. The summed E-state index contributed by atoms with van der Waals surface area (Å²) >= 11 is 0. The topological polar surface area (TPSA) is 86.0 Å². The van der Waals surface area contributed by atoms with Gasteiger partial charge in [-0.2, -0.15) is 5.10 Å². The van der Waals surface area contributed by atoms with E-state index in [9.17, 15) is 4.79 Å². The zero-order valence-electron chi connectivity index (χ0n) is 17.5. The molecule has 2 N–H and O–H groups in total. The molecule has 0 spiro atoms. The molecule has 3 aromatic rings. The Balaban J connectivity index is 1.55. The number of methoxy groups -OCH3 is 1. The molecule has 8 nitrogen and oxygen atoms in total. The van der Waals surface area contributed by atoms with Gasteiger partial charge in [-0.25, -0.2) is 4.98 Å². The van der Waals surface area contributed by atoms with E-state index < -0.39 is 0 Å². The number of carbonyl (C=O) groups excluding carboxylic acids is 1. The van der Waals surface area contributed by atoms with Crippen LogP contribution in [0.3, 0.4) is 0 Å². The molecular formula is C21H28N6O2. The molecule has 1 atom stereocenters. The highest BCUT2D eigenvalue weighted by atomic mass is 16.5. The second-order valence-electron chi connectivity index (χ2n) is 7.61. The lowest BCUT2D eigenvalue weighted by molar-refractivity contribution is 0.0932. The number of benzene rings is 1. The largest absolute Gasteiger partial charge is 0.383 e. The molecule has 29 heavy (non-hydrogen) atoms. The average molecular weight is 396 g/mol. The Kier molecular flexibility index (Phi) is 5.27. The second-order valence-corrected chi connectivity index (χ2v) is 7.61. The monoisotopic (exact) mass is 396 g/mol. The van der Waals surface area contributed by atoms with Crippen molar-refractivity contribution in [1.29, 1.82) is 0 Å². The van der Waals surface area contributed by atoms with Crippen molar-refractivity contribution in [2.45, 2.75) is 32.2 Å². The highest BCUT2D eigenvalue weighted by Gasteiger charge is 2.27. The Morgan fingerprint density at radius 1 is 1.34 bits per heavy atom. The van der Waals surface area contributed by atoms with E-state index in [1.807, 2.05) is 48.5 Å². The van der Waals surface area contributed by atoms with E-state index in [1.54, 1.807) is 7.11 Å². The Labute approximate surface area is 170 Å². The summed E-state index contributed by atoms with van der Waals surface area (Å²) in [5.74, 6) is 0.685. The van der Waals surface area contributed by atoms with Crippen LogP contribution in [0.15, 0.2) is 18.2 Å². The summed E-state index contributed by atoms with van der Waals surface area (Å²) in [7, 11) is 5.60. The van der Waals surface area contributed by atoms with Gasteiger partial charge in [0.25, 0.3) is 5.91 Å². The minimum Gasteiger partial charge on any atom is -0.383 e. The van der Waals surface area contributed by atoms with E-state index in [0.29, 0.717) is 18.7 Å². The highest BCUT2D eigenvalue weighted by Crippen LogP contribution is 2.32. The van der Waals surface area contributed by atoms with Gasteiger partial charge in [0.15, 0.2) is 0 Å². The fraction of sp³-hybridized carbons (Fsp3) is 0.476. The zero-order chi connectivity index (χ0) is 20.5. The normalized spacial score (nSPS) is 16.1. The van der Waals surface area contributed by atoms with Gasteiger partial charge in [0.05, 0.1) is 29.4 Å². The van der Waals surface area contributed by atoms with Crippen LogP contribution in [0, 0.1) is 6.92 Å².